The Bertz CT molecular complexity index is 1300. The Kier molecular flexibility index (Phi) is 6.71. The van der Waals surface area contributed by atoms with Crippen molar-refractivity contribution in [1.29, 1.82) is 0 Å². The minimum Gasteiger partial charge on any atom is -0.355 e. The van der Waals surface area contributed by atoms with Gasteiger partial charge in [-0.15, -0.1) is 0 Å². The first-order valence-electron chi connectivity index (χ1n) is 10.7. The topological polar surface area (TPSA) is 68.2 Å². The second kappa shape index (κ2) is 9.83. The fraction of sp³-hybridized carbons (Fsp3) is 0.192. The lowest BCUT2D eigenvalue weighted by molar-refractivity contribution is -0.121. The molecule has 1 aromatic heterocycles. The van der Waals surface area contributed by atoms with Crippen molar-refractivity contribution in [2.45, 2.75) is 30.0 Å². The molecule has 4 aromatic rings. The maximum atomic E-state index is 13.1. The molecule has 164 valence electrons. The monoisotopic (exact) mass is 446 g/mol. The molecule has 1 heterocycles. The van der Waals surface area contributed by atoms with Crippen molar-refractivity contribution in [2.75, 3.05) is 6.54 Å². The maximum Gasteiger partial charge on any atom is 0.239 e. The number of para-hydroxylation sites is 1. The van der Waals surface area contributed by atoms with E-state index in [1.807, 2.05) is 54.6 Å². The quantitative estimate of drug-likeness (QED) is 0.388. The van der Waals surface area contributed by atoms with Crippen LogP contribution in [0.1, 0.15) is 17.5 Å². The van der Waals surface area contributed by atoms with Gasteiger partial charge in [-0.05, 0) is 30.0 Å². The average Bonchev–Trinajstić information content (AvgIpc) is 3.17. The first-order valence-corrected chi connectivity index (χ1v) is 12.3. The zero-order valence-electron chi connectivity index (χ0n) is 17.8. The van der Waals surface area contributed by atoms with E-state index in [0.29, 0.717) is 11.9 Å². The van der Waals surface area contributed by atoms with Crippen molar-refractivity contribution in [3.05, 3.63) is 102 Å². The number of nitrogens with zero attached hydrogens (tertiary/aromatic N) is 1. The van der Waals surface area contributed by atoms with Crippen molar-refractivity contribution in [1.82, 2.24) is 9.88 Å². The summed E-state index contributed by atoms with van der Waals surface area (Å²) in [6, 6.07) is 26.6. The fourth-order valence-corrected chi connectivity index (χ4v) is 5.42. The smallest absolute Gasteiger partial charge is 0.239 e. The SMILES string of the molecule is O=C(Cn1cc(S(=O)(=O)Cc2ccccc2)c2ccccc21)NCCCc1ccccc1. The molecule has 0 aliphatic rings. The van der Waals surface area contributed by atoms with Crippen LogP contribution in [0.15, 0.2) is 96.0 Å². The van der Waals surface area contributed by atoms with Gasteiger partial charge in [-0.3, -0.25) is 4.79 Å². The van der Waals surface area contributed by atoms with Gasteiger partial charge in [0.2, 0.25) is 5.91 Å². The van der Waals surface area contributed by atoms with Crippen LogP contribution < -0.4 is 5.32 Å². The van der Waals surface area contributed by atoms with Gasteiger partial charge in [0.05, 0.1) is 10.6 Å². The number of hydrogen-bond acceptors (Lipinski definition) is 3. The summed E-state index contributed by atoms with van der Waals surface area (Å²) in [7, 11) is -3.56. The Hall–Kier alpha value is -3.38. The van der Waals surface area contributed by atoms with Gasteiger partial charge in [0, 0.05) is 23.6 Å². The molecule has 0 saturated heterocycles. The Balaban J connectivity index is 1.46. The third-order valence-electron chi connectivity index (χ3n) is 5.41. The van der Waals surface area contributed by atoms with E-state index in [-0.39, 0.29) is 23.1 Å². The molecule has 5 nitrogen and oxygen atoms in total. The lowest BCUT2D eigenvalue weighted by atomic mass is 10.1. The molecule has 0 atom stereocenters. The second-order valence-electron chi connectivity index (χ2n) is 7.82. The van der Waals surface area contributed by atoms with Crippen molar-refractivity contribution in [3.63, 3.8) is 0 Å². The molecule has 4 rings (SSSR count). The van der Waals surface area contributed by atoms with Crippen LogP contribution in [0.4, 0.5) is 0 Å². The number of carbonyl (C=O) groups excluding carboxylic acids is 1. The van der Waals surface area contributed by atoms with E-state index in [4.69, 9.17) is 0 Å². The number of hydrogen-bond donors (Lipinski definition) is 1. The molecule has 0 aliphatic heterocycles. The zero-order chi connectivity index (χ0) is 22.4. The van der Waals surface area contributed by atoms with E-state index >= 15 is 0 Å². The predicted molar refractivity (Wildman–Crippen MR) is 127 cm³/mol. The van der Waals surface area contributed by atoms with Crippen molar-refractivity contribution in [3.8, 4) is 0 Å². The summed E-state index contributed by atoms with van der Waals surface area (Å²) in [6.45, 7) is 0.652. The van der Waals surface area contributed by atoms with Crippen LogP contribution >= 0.6 is 0 Å². The largest absolute Gasteiger partial charge is 0.355 e. The molecule has 0 fully saturated rings. The van der Waals surface area contributed by atoms with E-state index in [9.17, 15) is 13.2 Å². The van der Waals surface area contributed by atoms with Gasteiger partial charge in [0.15, 0.2) is 9.84 Å². The summed E-state index contributed by atoms with van der Waals surface area (Å²) in [5.74, 6) is -0.209. The number of benzene rings is 3. The van der Waals surface area contributed by atoms with E-state index in [0.717, 1.165) is 23.9 Å². The minimum absolute atomic E-state index is 0.0759. The Morgan fingerprint density at radius 1 is 0.812 bits per heavy atom. The van der Waals surface area contributed by atoms with Crippen LogP contribution in [-0.2, 0) is 33.4 Å². The molecule has 3 aromatic carbocycles. The number of sulfone groups is 1. The summed E-state index contributed by atoms with van der Waals surface area (Å²) >= 11 is 0. The van der Waals surface area contributed by atoms with Crippen LogP contribution in [0.5, 0.6) is 0 Å². The van der Waals surface area contributed by atoms with Gasteiger partial charge in [0.1, 0.15) is 6.54 Å². The number of amides is 1. The summed E-state index contributed by atoms with van der Waals surface area (Å²) in [5, 5.41) is 3.58. The van der Waals surface area contributed by atoms with Crippen LogP contribution in [0.3, 0.4) is 0 Å². The molecular weight excluding hydrogens is 420 g/mol. The molecule has 0 radical (unpaired) electrons. The second-order valence-corrected chi connectivity index (χ2v) is 9.78. The molecule has 0 spiro atoms. The van der Waals surface area contributed by atoms with Gasteiger partial charge >= 0.3 is 0 Å². The summed E-state index contributed by atoms with van der Waals surface area (Å²) in [5.41, 5.74) is 2.71. The van der Waals surface area contributed by atoms with Crippen LogP contribution in [0.25, 0.3) is 10.9 Å². The first-order chi connectivity index (χ1) is 15.5. The Labute approximate surface area is 188 Å². The number of rotatable bonds is 9. The van der Waals surface area contributed by atoms with Gasteiger partial charge in [-0.2, -0.15) is 0 Å². The number of carbonyl (C=O) groups is 1. The van der Waals surface area contributed by atoms with E-state index in [2.05, 4.69) is 17.4 Å². The number of nitrogens with one attached hydrogen (secondary N) is 1. The fourth-order valence-electron chi connectivity index (χ4n) is 3.84. The molecule has 32 heavy (non-hydrogen) atoms. The third kappa shape index (κ3) is 5.26. The van der Waals surface area contributed by atoms with Crippen LogP contribution in [0.2, 0.25) is 0 Å². The summed E-state index contributed by atoms with van der Waals surface area (Å²) < 4.78 is 28.0. The highest BCUT2D eigenvalue weighted by Gasteiger charge is 2.22. The molecule has 0 bridgehead atoms. The standard InChI is InChI=1S/C26H26N2O3S/c29-26(27-17-9-14-21-10-3-1-4-11-21)19-28-18-25(23-15-7-8-16-24(23)28)32(30,31)20-22-12-5-2-6-13-22/h1-8,10-13,15-16,18H,9,14,17,19-20H2,(H,27,29). The van der Waals surface area contributed by atoms with Gasteiger partial charge in [0.25, 0.3) is 0 Å². The number of fused-ring (bicyclic) bond motifs is 1. The van der Waals surface area contributed by atoms with E-state index < -0.39 is 9.84 Å². The lowest BCUT2D eigenvalue weighted by Crippen LogP contribution is -2.28. The van der Waals surface area contributed by atoms with Crippen molar-refractivity contribution >= 4 is 26.6 Å². The Morgan fingerprint density at radius 2 is 1.44 bits per heavy atom. The maximum absolute atomic E-state index is 13.1. The number of aromatic nitrogens is 1. The first kappa shape index (κ1) is 21.8. The van der Waals surface area contributed by atoms with E-state index in [1.54, 1.807) is 29.0 Å². The molecule has 0 aliphatic carbocycles. The van der Waals surface area contributed by atoms with E-state index in [1.165, 1.54) is 5.56 Å². The summed E-state index contributed by atoms with van der Waals surface area (Å²) in [4.78, 5) is 12.8. The van der Waals surface area contributed by atoms with Gasteiger partial charge in [-0.25, -0.2) is 8.42 Å². The van der Waals surface area contributed by atoms with Gasteiger partial charge < -0.3 is 9.88 Å². The summed E-state index contributed by atoms with van der Waals surface area (Å²) in [6.07, 6.45) is 3.33. The molecule has 0 unspecified atom stereocenters. The van der Waals surface area contributed by atoms with Gasteiger partial charge in [-0.1, -0.05) is 78.9 Å². The Morgan fingerprint density at radius 3 is 2.16 bits per heavy atom. The molecule has 1 N–H and O–H groups in total. The molecule has 0 saturated carbocycles. The molecule has 1 amide bonds. The van der Waals surface area contributed by atoms with Crippen LogP contribution in [0, 0.1) is 0 Å². The predicted octanol–water partition coefficient (Wildman–Crippen LogP) is 4.36. The highest BCUT2D eigenvalue weighted by Crippen LogP contribution is 2.28. The highest BCUT2D eigenvalue weighted by molar-refractivity contribution is 7.90. The molecular formula is C26H26N2O3S. The molecule has 6 heteroatoms. The van der Waals surface area contributed by atoms with Crippen LogP contribution in [-0.4, -0.2) is 25.4 Å². The third-order valence-corrected chi connectivity index (χ3v) is 7.12. The number of aryl methyl sites for hydroxylation is 1. The van der Waals surface area contributed by atoms with Crippen molar-refractivity contribution < 1.29 is 13.2 Å². The highest BCUT2D eigenvalue weighted by atomic mass is 32.2. The van der Waals surface area contributed by atoms with Crippen molar-refractivity contribution in [2.24, 2.45) is 0 Å². The average molecular weight is 447 g/mol. The minimum atomic E-state index is -3.56. The lowest BCUT2D eigenvalue weighted by Gasteiger charge is -2.07. The normalized spacial score (nSPS) is 11.5. The zero-order valence-corrected chi connectivity index (χ0v) is 18.6.